The Morgan fingerprint density at radius 2 is 2.00 bits per heavy atom. The maximum absolute atomic E-state index is 12.1. The normalized spacial score (nSPS) is 13.1. The number of nitrogens with zero attached hydrogens (tertiary/aromatic N) is 1. The van der Waals surface area contributed by atoms with Gasteiger partial charge in [0.25, 0.3) is 0 Å². The third-order valence-electron chi connectivity index (χ3n) is 4.82. The molecule has 3 N–H and O–H groups in total. The summed E-state index contributed by atoms with van der Waals surface area (Å²) in [5.41, 5.74) is 1.94. The van der Waals surface area contributed by atoms with Crippen LogP contribution in [0.25, 0.3) is 0 Å². The van der Waals surface area contributed by atoms with Crippen molar-refractivity contribution in [2.24, 2.45) is 10.9 Å². The van der Waals surface area contributed by atoms with Gasteiger partial charge in [-0.2, -0.15) is 0 Å². The lowest BCUT2D eigenvalue weighted by Crippen LogP contribution is -2.42. The quantitative estimate of drug-likeness (QED) is 0.455. The van der Waals surface area contributed by atoms with Crippen LogP contribution in [0.15, 0.2) is 46.8 Å². The summed E-state index contributed by atoms with van der Waals surface area (Å²) in [6.07, 6.45) is 0.830. The van der Waals surface area contributed by atoms with Crippen LogP contribution in [0, 0.1) is 5.92 Å². The van der Waals surface area contributed by atoms with E-state index in [4.69, 9.17) is 0 Å². The highest BCUT2D eigenvalue weighted by Gasteiger charge is 2.21. The van der Waals surface area contributed by atoms with Crippen LogP contribution in [0.4, 0.5) is 5.69 Å². The molecular formula is C22H32N4OS. The number of aliphatic imine (C=N–C) groups is 1. The van der Waals surface area contributed by atoms with Gasteiger partial charge in [0.1, 0.15) is 0 Å². The van der Waals surface area contributed by atoms with E-state index in [1.807, 2.05) is 38.1 Å². The van der Waals surface area contributed by atoms with Gasteiger partial charge in [0.05, 0.1) is 0 Å². The third-order valence-corrected chi connectivity index (χ3v) is 6.06. The largest absolute Gasteiger partial charge is 0.356 e. The number of benzene rings is 1. The Kier molecular flexibility index (Phi) is 8.05. The minimum atomic E-state index is 0.0107. The summed E-state index contributed by atoms with van der Waals surface area (Å²) in [5, 5.41) is 11.9. The molecule has 1 heterocycles. The molecule has 2 aromatic rings. The van der Waals surface area contributed by atoms with Crippen LogP contribution in [0.1, 0.15) is 44.6 Å². The zero-order valence-corrected chi connectivity index (χ0v) is 18.3. The standard InChI is InChI=1S/C22H32N4OS/c1-6-16(2)20(27)26-18-10-7-9-17(13-18)14-24-21(23-5)25-15-22(3,4)19-11-8-12-28-19/h7-13,16H,6,14-15H2,1-5H3,(H,26,27)(H2,23,24,25). The molecule has 0 spiro atoms. The predicted octanol–water partition coefficient (Wildman–Crippen LogP) is 4.38. The molecule has 152 valence electrons. The monoisotopic (exact) mass is 400 g/mol. The number of amides is 1. The first-order chi connectivity index (χ1) is 13.4. The van der Waals surface area contributed by atoms with Gasteiger partial charge in [-0.3, -0.25) is 9.79 Å². The van der Waals surface area contributed by atoms with Gasteiger partial charge in [0.2, 0.25) is 5.91 Å². The van der Waals surface area contributed by atoms with E-state index >= 15 is 0 Å². The molecule has 1 aromatic heterocycles. The SMILES string of the molecule is CCC(C)C(=O)Nc1cccc(CNC(=NC)NCC(C)(C)c2cccs2)c1. The maximum atomic E-state index is 12.1. The molecule has 1 atom stereocenters. The first-order valence-electron chi connectivity index (χ1n) is 9.74. The van der Waals surface area contributed by atoms with E-state index < -0.39 is 0 Å². The molecule has 28 heavy (non-hydrogen) atoms. The Hall–Kier alpha value is -2.34. The molecule has 1 unspecified atom stereocenters. The number of carbonyl (C=O) groups is 1. The molecule has 0 fully saturated rings. The van der Waals surface area contributed by atoms with Crippen LogP contribution in [-0.2, 0) is 16.8 Å². The lowest BCUT2D eigenvalue weighted by atomic mass is 9.91. The van der Waals surface area contributed by atoms with E-state index in [0.29, 0.717) is 6.54 Å². The average molecular weight is 401 g/mol. The van der Waals surface area contributed by atoms with Crippen LogP contribution in [0.3, 0.4) is 0 Å². The highest BCUT2D eigenvalue weighted by molar-refractivity contribution is 7.10. The number of rotatable bonds is 8. The van der Waals surface area contributed by atoms with Crippen LogP contribution >= 0.6 is 11.3 Å². The van der Waals surface area contributed by atoms with Gasteiger partial charge in [0, 0.05) is 42.0 Å². The second kappa shape index (κ2) is 10.3. The Labute approximate surface area is 172 Å². The number of guanidine groups is 1. The average Bonchev–Trinajstić information content (AvgIpc) is 3.23. The predicted molar refractivity (Wildman–Crippen MR) is 120 cm³/mol. The molecular weight excluding hydrogens is 368 g/mol. The number of hydrogen-bond donors (Lipinski definition) is 3. The summed E-state index contributed by atoms with van der Waals surface area (Å²) in [6, 6.07) is 12.2. The van der Waals surface area contributed by atoms with Crippen molar-refractivity contribution in [1.29, 1.82) is 0 Å². The summed E-state index contributed by atoms with van der Waals surface area (Å²) < 4.78 is 0. The topological polar surface area (TPSA) is 65.5 Å². The molecule has 0 bridgehead atoms. The van der Waals surface area contributed by atoms with Crippen molar-refractivity contribution in [3.8, 4) is 0 Å². The summed E-state index contributed by atoms with van der Waals surface area (Å²) in [5.74, 6) is 0.830. The van der Waals surface area contributed by atoms with Gasteiger partial charge in [-0.05, 0) is 35.6 Å². The fourth-order valence-corrected chi connectivity index (χ4v) is 3.52. The fraction of sp³-hybridized carbons (Fsp3) is 0.455. The van der Waals surface area contributed by atoms with E-state index in [1.165, 1.54) is 4.88 Å². The van der Waals surface area contributed by atoms with Gasteiger partial charge < -0.3 is 16.0 Å². The smallest absolute Gasteiger partial charge is 0.227 e. The molecule has 6 heteroatoms. The fourth-order valence-electron chi connectivity index (χ4n) is 2.67. The number of anilines is 1. The van der Waals surface area contributed by atoms with E-state index in [9.17, 15) is 4.79 Å². The van der Waals surface area contributed by atoms with Crippen molar-refractivity contribution in [3.05, 3.63) is 52.2 Å². The van der Waals surface area contributed by atoms with Gasteiger partial charge in [-0.15, -0.1) is 11.3 Å². The maximum Gasteiger partial charge on any atom is 0.227 e. The molecule has 0 aliphatic carbocycles. The number of nitrogens with one attached hydrogen (secondary N) is 3. The minimum Gasteiger partial charge on any atom is -0.356 e. The second-order valence-electron chi connectivity index (χ2n) is 7.64. The van der Waals surface area contributed by atoms with Crippen molar-refractivity contribution in [2.75, 3.05) is 18.9 Å². The van der Waals surface area contributed by atoms with Gasteiger partial charge in [-0.1, -0.05) is 45.9 Å². The summed E-state index contributed by atoms with van der Waals surface area (Å²) in [6.45, 7) is 9.83. The Bertz CT molecular complexity index is 784. The third kappa shape index (κ3) is 6.37. The van der Waals surface area contributed by atoms with Crippen LogP contribution in [0.5, 0.6) is 0 Å². The first-order valence-corrected chi connectivity index (χ1v) is 10.6. The van der Waals surface area contributed by atoms with E-state index in [0.717, 1.165) is 30.2 Å². The van der Waals surface area contributed by atoms with Crippen LogP contribution in [-0.4, -0.2) is 25.5 Å². The van der Waals surface area contributed by atoms with Crippen molar-refractivity contribution in [2.45, 2.75) is 46.1 Å². The molecule has 0 aliphatic heterocycles. The minimum absolute atomic E-state index is 0.0107. The number of hydrogen-bond acceptors (Lipinski definition) is 3. The van der Waals surface area contributed by atoms with Crippen molar-refractivity contribution < 1.29 is 4.79 Å². The summed E-state index contributed by atoms with van der Waals surface area (Å²) in [4.78, 5) is 17.8. The highest BCUT2D eigenvalue weighted by atomic mass is 32.1. The molecule has 1 amide bonds. The Morgan fingerprint density at radius 1 is 1.21 bits per heavy atom. The van der Waals surface area contributed by atoms with Crippen molar-refractivity contribution in [1.82, 2.24) is 10.6 Å². The zero-order valence-electron chi connectivity index (χ0n) is 17.5. The van der Waals surface area contributed by atoms with Crippen molar-refractivity contribution >= 4 is 28.9 Å². The van der Waals surface area contributed by atoms with Crippen LogP contribution in [0.2, 0.25) is 0 Å². The molecule has 1 aromatic carbocycles. The lowest BCUT2D eigenvalue weighted by molar-refractivity contribution is -0.119. The van der Waals surface area contributed by atoms with Crippen LogP contribution < -0.4 is 16.0 Å². The second-order valence-corrected chi connectivity index (χ2v) is 8.59. The van der Waals surface area contributed by atoms with Gasteiger partial charge >= 0.3 is 0 Å². The number of thiophene rings is 1. The lowest BCUT2D eigenvalue weighted by Gasteiger charge is -2.25. The number of carbonyl (C=O) groups excluding carboxylic acids is 1. The first kappa shape index (κ1) is 22.0. The molecule has 5 nitrogen and oxygen atoms in total. The molecule has 0 radical (unpaired) electrons. The summed E-state index contributed by atoms with van der Waals surface area (Å²) in [7, 11) is 1.77. The van der Waals surface area contributed by atoms with E-state index in [2.05, 4.69) is 52.3 Å². The zero-order chi connectivity index (χ0) is 20.6. The van der Waals surface area contributed by atoms with E-state index in [-0.39, 0.29) is 17.2 Å². The molecule has 0 aliphatic rings. The Morgan fingerprint density at radius 3 is 2.64 bits per heavy atom. The van der Waals surface area contributed by atoms with Gasteiger partial charge in [0.15, 0.2) is 5.96 Å². The van der Waals surface area contributed by atoms with E-state index in [1.54, 1.807) is 18.4 Å². The molecule has 2 rings (SSSR count). The van der Waals surface area contributed by atoms with Gasteiger partial charge in [-0.25, -0.2) is 0 Å². The molecule has 0 saturated carbocycles. The summed E-state index contributed by atoms with van der Waals surface area (Å²) >= 11 is 1.77. The highest BCUT2D eigenvalue weighted by Crippen LogP contribution is 2.26. The van der Waals surface area contributed by atoms with Crippen molar-refractivity contribution in [3.63, 3.8) is 0 Å². The molecule has 0 saturated heterocycles. The Balaban J connectivity index is 1.89.